The highest BCUT2D eigenvalue weighted by Gasteiger charge is 2.27. The molecule has 0 aromatic carbocycles. The molecule has 5 heteroatoms. The van der Waals surface area contributed by atoms with Gasteiger partial charge in [-0.05, 0) is 53.6 Å². The molecular weight excluding hydrogens is 244 g/mol. The molecule has 1 N–H and O–H groups in total. The predicted octanol–water partition coefficient (Wildman–Crippen LogP) is 1.18. The monoisotopic (exact) mass is 270 g/mol. The van der Waals surface area contributed by atoms with E-state index in [2.05, 4.69) is 10.2 Å². The molecular formula is C14H26N2O3. The minimum atomic E-state index is -0.194. The van der Waals surface area contributed by atoms with Crippen LogP contribution in [0, 0.1) is 5.92 Å². The van der Waals surface area contributed by atoms with Crippen LogP contribution in [0.5, 0.6) is 0 Å². The number of esters is 1. The third-order valence-electron chi connectivity index (χ3n) is 3.09. The Labute approximate surface area is 115 Å². The molecule has 19 heavy (non-hydrogen) atoms. The Hall–Kier alpha value is -1.10. The quantitative estimate of drug-likeness (QED) is 0.779. The number of ether oxygens (including phenoxy) is 1. The second kappa shape index (κ2) is 6.89. The summed E-state index contributed by atoms with van der Waals surface area (Å²) in [6, 6.07) is 0. The van der Waals surface area contributed by atoms with Crippen LogP contribution in [0.1, 0.15) is 40.5 Å². The van der Waals surface area contributed by atoms with Crippen LogP contribution in [0.4, 0.5) is 0 Å². The van der Waals surface area contributed by atoms with Crippen LogP contribution in [0.2, 0.25) is 0 Å². The Bertz CT molecular complexity index is 315. The summed E-state index contributed by atoms with van der Waals surface area (Å²) in [5, 5.41) is 2.95. The van der Waals surface area contributed by atoms with Gasteiger partial charge in [-0.2, -0.15) is 0 Å². The number of nitrogens with zero attached hydrogens (tertiary/aromatic N) is 1. The summed E-state index contributed by atoms with van der Waals surface area (Å²) < 4.78 is 5.03. The molecule has 1 rings (SSSR count). The summed E-state index contributed by atoms with van der Waals surface area (Å²) in [4.78, 5) is 25.5. The molecule has 110 valence electrons. The van der Waals surface area contributed by atoms with Gasteiger partial charge < -0.3 is 10.1 Å². The standard InChI is InChI=1S/C14H26N2O3/c1-5-19-13(18)11-6-8-16(9-7-11)10-12(17)15-14(2,3)4/h11H,5-10H2,1-4H3,(H,15,17). The van der Waals surface area contributed by atoms with Crippen LogP contribution in [-0.4, -0.2) is 48.6 Å². The van der Waals surface area contributed by atoms with Gasteiger partial charge in [0.05, 0.1) is 19.1 Å². The Morgan fingerprint density at radius 1 is 1.26 bits per heavy atom. The Morgan fingerprint density at radius 3 is 2.32 bits per heavy atom. The molecule has 1 fully saturated rings. The zero-order valence-corrected chi connectivity index (χ0v) is 12.5. The third kappa shape index (κ3) is 6.05. The molecule has 0 aliphatic carbocycles. The van der Waals surface area contributed by atoms with Crippen LogP contribution >= 0.6 is 0 Å². The molecule has 1 aliphatic heterocycles. The molecule has 0 unspecified atom stereocenters. The number of rotatable bonds is 4. The van der Waals surface area contributed by atoms with E-state index in [0.29, 0.717) is 13.2 Å². The number of hydrogen-bond donors (Lipinski definition) is 1. The van der Waals surface area contributed by atoms with Crippen molar-refractivity contribution in [2.24, 2.45) is 5.92 Å². The van der Waals surface area contributed by atoms with E-state index in [1.807, 2.05) is 27.7 Å². The molecule has 0 atom stereocenters. The minimum absolute atomic E-state index is 0.00174. The molecule has 0 bridgehead atoms. The van der Waals surface area contributed by atoms with Crippen molar-refractivity contribution in [3.63, 3.8) is 0 Å². The average Bonchev–Trinajstić information content (AvgIpc) is 2.27. The molecule has 0 spiro atoms. The van der Waals surface area contributed by atoms with Crippen molar-refractivity contribution in [2.75, 3.05) is 26.2 Å². The Balaban J connectivity index is 2.30. The molecule has 1 heterocycles. The van der Waals surface area contributed by atoms with E-state index in [0.717, 1.165) is 25.9 Å². The van der Waals surface area contributed by atoms with Gasteiger partial charge >= 0.3 is 5.97 Å². The van der Waals surface area contributed by atoms with Crippen LogP contribution in [-0.2, 0) is 14.3 Å². The lowest BCUT2D eigenvalue weighted by atomic mass is 9.97. The largest absolute Gasteiger partial charge is 0.466 e. The van der Waals surface area contributed by atoms with Crippen molar-refractivity contribution < 1.29 is 14.3 Å². The first-order chi connectivity index (χ1) is 8.81. The summed E-state index contributed by atoms with van der Waals surface area (Å²) in [7, 11) is 0. The molecule has 0 aromatic heterocycles. The highest BCUT2D eigenvalue weighted by molar-refractivity contribution is 5.78. The fraction of sp³-hybridized carbons (Fsp3) is 0.857. The van der Waals surface area contributed by atoms with E-state index in [1.165, 1.54) is 0 Å². The first-order valence-corrected chi connectivity index (χ1v) is 7.02. The zero-order valence-electron chi connectivity index (χ0n) is 12.5. The normalized spacial score (nSPS) is 18.1. The predicted molar refractivity (Wildman–Crippen MR) is 73.7 cm³/mol. The lowest BCUT2D eigenvalue weighted by Crippen LogP contribution is -2.48. The Kier molecular flexibility index (Phi) is 5.79. The van der Waals surface area contributed by atoms with E-state index >= 15 is 0 Å². The summed E-state index contributed by atoms with van der Waals surface area (Å²) in [5.74, 6) is -0.0507. The van der Waals surface area contributed by atoms with Crippen molar-refractivity contribution in [1.29, 1.82) is 0 Å². The summed E-state index contributed by atoms with van der Waals surface area (Å²) >= 11 is 0. The van der Waals surface area contributed by atoms with Crippen LogP contribution in [0.25, 0.3) is 0 Å². The van der Waals surface area contributed by atoms with E-state index in [1.54, 1.807) is 0 Å². The SMILES string of the molecule is CCOC(=O)C1CCN(CC(=O)NC(C)(C)C)CC1. The highest BCUT2D eigenvalue weighted by atomic mass is 16.5. The zero-order chi connectivity index (χ0) is 14.5. The van der Waals surface area contributed by atoms with E-state index in [-0.39, 0.29) is 23.3 Å². The van der Waals surface area contributed by atoms with Crippen molar-refractivity contribution in [3.8, 4) is 0 Å². The van der Waals surface area contributed by atoms with Crippen LogP contribution in [0.15, 0.2) is 0 Å². The Morgan fingerprint density at radius 2 is 1.84 bits per heavy atom. The number of carbonyl (C=O) groups excluding carboxylic acids is 2. The fourth-order valence-corrected chi connectivity index (χ4v) is 2.25. The average molecular weight is 270 g/mol. The van der Waals surface area contributed by atoms with Gasteiger partial charge in [0.15, 0.2) is 0 Å². The molecule has 0 saturated carbocycles. The first-order valence-electron chi connectivity index (χ1n) is 7.02. The number of carbonyl (C=O) groups is 2. The highest BCUT2D eigenvalue weighted by Crippen LogP contribution is 2.18. The summed E-state index contributed by atoms with van der Waals surface area (Å²) in [6.45, 7) is 10.1. The summed E-state index contributed by atoms with van der Waals surface area (Å²) in [6.07, 6.45) is 1.56. The lowest BCUT2D eigenvalue weighted by molar-refractivity contribution is -0.149. The van der Waals surface area contributed by atoms with Gasteiger partial charge in [-0.25, -0.2) is 0 Å². The van der Waals surface area contributed by atoms with Gasteiger partial charge in [0.1, 0.15) is 0 Å². The third-order valence-corrected chi connectivity index (χ3v) is 3.09. The van der Waals surface area contributed by atoms with Gasteiger partial charge in [-0.15, -0.1) is 0 Å². The maximum absolute atomic E-state index is 11.8. The number of amides is 1. The van der Waals surface area contributed by atoms with Gasteiger partial charge in [0.2, 0.25) is 5.91 Å². The number of hydrogen-bond acceptors (Lipinski definition) is 4. The van der Waals surface area contributed by atoms with Gasteiger partial charge in [-0.1, -0.05) is 0 Å². The maximum Gasteiger partial charge on any atom is 0.309 e. The second-order valence-electron chi connectivity index (χ2n) is 6.10. The topological polar surface area (TPSA) is 58.6 Å². The molecule has 1 aliphatic rings. The van der Waals surface area contributed by atoms with Crippen molar-refractivity contribution in [3.05, 3.63) is 0 Å². The number of nitrogens with one attached hydrogen (secondary N) is 1. The van der Waals surface area contributed by atoms with E-state index in [9.17, 15) is 9.59 Å². The number of likely N-dealkylation sites (tertiary alicyclic amines) is 1. The molecule has 0 radical (unpaired) electrons. The lowest BCUT2D eigenvalue weighted by Gasteiger charge is -2.31. The van der Waals surface area contributed by atoms with Gasteiger partial charge in [-0.3, -0.25) is 14.5 Å². The van der Waals surface area contributed by atoms with Gasteiger partial charge in [0, 0.05) is 5.54 Å². The van der Waals surface area contributed by atoms with Crippen LogP contribution in [0.3, 0.4) is 0 Å². The van der Waals surface area contributed by atoms with Crippen molar-refractivity contribution in [2.45, 2.75) is 46.1 Å². The maximum atomic E-state index is 11.8. The minimum Gasteiger partial charge on any atom is -0.466 e. The summed E-state index contributed by atoms with van der Waals surface area (Å²) in [5.41, 5.74) is -0.194. The molecule has 1 amide bonds. The first kappa shape index (κ1) is 16.0. The smallest absolute Gasteiger partial charge is 0.309 e. The molecule has 0 aromatic rings. The van der Waals surface area contributed by atoms with E-state index in [4.69, 9.17) is 4.74 Å². The molecule has 1 saturated heterocycles. The van der Waals surface area contributed by atoms with Crippen LogP contribution < -0.4 is 5.32 Å². The fourth-order valence-electron chi connectivity index (χ4n) is 2.25. The number of piperidine rings is 1. The molecule has 5 nitrogen and oxygen atoms in total. The second-order valence-corrected chi connectivity index (χ2v) is 6.10. The van der Waals surface area contributed by atoms with Crippen molar-refractivity contribution in [1.82, 2.24) is 10.2 Å². The van der Waals surface area contributed by atoms with Gasteiger partial charge in [0.25, 0.3) is 0 Å². The van der Waals surface area contributed by atoms with E-state index < -0.39 is 0 Å². The van der Waals surface area contributed by atoms with Crippen molar-refractivity contribution >= 4 is 11.9 Å².